The average molecular weight is 286 g/mol. The maximum atomic E-state index is 5.98. The molecule has 0 saturated heterocycles. The van der Waals surface area contributed by atoms with E-state index in [1.54, 1.807) is 0 Å². The van der Waals surface area contributed by atoms with Crippen molar-refractivity contribution < 1.29 is 4.74 Å². The van der Waals surface area contributed by atoms with Gasteiger partial charge in [0.2, 0.25) is 0 Å². The number of hydrogen-bond donors (Lipinski definition) is 1. The first-order valence-electron chi connectivity index (χ1n) is 7.60. The molecule has 0 amide bonds. The maximum Gasteiger partial charge on any atom is 0.124 e. The van der Waals surface area contributed by atoms with E-state index in [4.69, 9.17) is 4.74 Å². The van der Waals surface area contributed by atoms with Crippen molar-refractivity contribution in [2.75, 3.05) is 27.2 Å². The monoisotopic (exact) mass is 286 g/mol. The van der Waals surface area contributed by atoms with Crippen LogP contribution in [0.2, 0.25) is 0 Å². The van der Waals surface area contributed by atoms with Crippen molar-refractivity contribution in [3.8, 4) is 5.75 Å². The van der Waals surface area contributed by atoms with E-state index in [0.717, 1.165) is 25.4 Å². The van der Waals surface area contributed by atoms with Crippen LogP contribution in [0.3, 0.4) is 0 Å². The van der Waals surface area contributed by atoms with E-state index < -0.39 is 0 Å². The molecule has 114 valence electrons. The Labute approximate surface area is 127 Å². The minimum Gasteiger partial charge on any atom is -0.491 e. The van der Waals surface area contributed by atoms with Gasteiger partial charge in [0.1, 0.15) is 5.75 Å². The van der Waals surface area contributed by atoms with E-state index in [-0.39, 0.29) is 6.10 Å². The molecule has 1 N–H and O–H groups in total. The van der Waals surface area contributed by atoms with Crippen LogP contribution in [0, 0.1) is 0 Å². The second-order valence-corrected chi connectivity index (χ2v) is 5.91. The zero-order chi connectivity index (χ0) is 15.2. The average Bonchev–Trinajstić information content (AvgIpc) is 2.44. The Morgan fingerprint density at radius 3 is 2.57 bits per heavy atom. The fourth-order valence-electron chi connectivity index (χ4n) is 2.38. The number of ether oxygens (including phenoxy) is 1. The largest absolute Gasteiger partial charge is 0.491 e. The molecular formula is C18H26N2O. The van der Waals surface area contributed by atoms with Crippen LogP contribution in [-0.4, -0.2) is 38.2 Å². The van der Waals surface area contributed by atoms with Gasteiger partial charge in [-0.3, -0.25) is 0 Å². The molecule has 0 atom stereocenters. The van der Waals surface area contributed by atoms with Crippen molar-refractivity contribution in [3.63, 3.8) is 0 Å². The number of fused-ring (bicyclic) bond motifs is 1. The Morgan fingerprint density at radius 1 is 1.10 bits per heavy atom. The molecule has 3 nitrogen and oxygen atoms in total. The lowest BCUT2D eigenvalue weighted by Crippen LogP contribution is -2.26. The van der Waals surface area contributed by atoms with E-state index in [9.17, 15) is 0 Å². The molecule has 0 spiro atoms. The van der Waals surface area contributed by atoms with Crippen molar-refractivity contribution in [2.24, 2.45) is 0 Å². The summed E-state index contributed by atoms with van der Waals surface area (Å²) in [7, 11) is 4.18. The van der Waals surface area contributed by atoms with E-state index in [1.807, 2.05) is 0 Å². The van der Waals surface area contributed by atoms with Gasteiger partial charge in [-0.1, -0.05) is 30.3 Å². The lowest BCUT2D eigenvalue weighted by Gasteiger charge is -2.17. The molecule has 0 heterocycles. The highest BCUT2D eigenvalue weighted by Crippen LogP contribution is 2.28. The van der Waals surface area contributed by atoms with Gasteiger partial charge in [0.05, 0.1) is 6.10 Å². The fourth-order valence-corrected chi connectivity index (χ4v) is 2.38. The van der Waals surface area contributed by atoms with Gasteiger partial charge in [0, 0.05) is 25.2 Å². The van der Waals surface area contributed by atoms with Gasteiger partial charge in [0.15, 0.2) is 0 Å². The SMILES string of the molecule is CC(C)Oc1ccc2ccccc2c1CNCCN(C)C. The van der Waals surface area contributed by atoms with E-state index >= 15 is 0 Å². The summed E-state index contributed by atoms with van der Waals surface area (Å²) < 4.78 is 5.98. The molecule has 2 rings (SSSR count). The van der Waals surface area contributed by atoms with Crippen molar-refractivity contribution in [2.45, 2.75) is 26.5 Å². The zero-order valence-corrected chi connectivity index (χ0v) is 13.5. The number of nitrogens with one attached hydrogen (secondary N) is 1. The lowest BCUT2D eigenvalue weighted by atomic mass is 10.0. The number of rotatable bonds is 7. The molecular weight excluding hydrogens is 260 g/mol. The molecule has 0 bridgehead atoms. The molecule has 0 aliphatic rings. The summed E-state index contributed by atoms with van der Waals surface area (Å²) in [5, 5.41) is 6.05. The number of likely N-dealkylation sites (N-methyl/N-ethyl adjacent to an activating group) is 1. The number of nitrogens with zero attached hydrogens (tertiary/aromatic N) is 1. The molecule has 0 aliphatic carbocycles. The Balaban J connectivity index is 2.23. The number of benzene rings is 2. The van der Waals surface area contributed by atoms with Crippen molar-refractivity contribution in [1.82, 2.24) is 10.2 Å². The standard InChI is InChI=1S/C18H26N2O/c1-14(2)21-18-10-9-15-7-5-6-8-16(15)17(18)13-19-11-12-20(3)4/h5-10,14,19H,11-13H2,1-4H3. The first-order chi connectivity index (χ1) is 10.1. The van der Waals surface area contributed by atoms with Gasteiger partial charge in [-0.2, -0.15) is 0 Å². The van der Waals surface area contributed by atoms with Gasteiger partial charge < -0.3 is 15.0 Å². The highest BCUT2D eigenvalue weighted by atomic mass is 16.5. The minimum atomic E-state index is 0.187. The third-order valence-electron chi connectivity index (χ3n) is 3.40. The first kappa shape index (κ1) is 15.8. The Morgan fingerprint density at radius 2 is 1.86 bits per heavy atom. The Bertz CT molecular complexity index is 578. The second-order valence-electron chi connectivity index (χ2n) is 5.91. The van der Waals surface area contributed by atoms with Crippen molar-refractivity contribution in [3.05, 3.63) is 42.0 Å². The predicted octanol–water partition coefficient (Wildman–Crippen LogP) is 3.28. The quantitative estimate of drug-likeness (QED) is 0.791. The topological polar surface area (TPSA) is 24.5 Å². The van der Waals surface area contributed by atoms with Crippen LogP contribution in [0.5, 0.6) is 5.75 Å². The lowest BCUT2D eigenvalue weighted by molar-refractivity contribution is 0.240. The molecule has 2 aromatic rings. The Hall–Kier alpha value is -1.58. The molecule has 21 heavy (non-hydrogen) atoms. The summed E-state index contributed by atoms with van der Waals surface area (Å²) in [5.74, 6) is 0.987. The van der Waals surface area contributed by atoms with Crippen molar-refractivity contribution >= 4 is 10.8 Å². The summed E-state index contributed by atoms with van der Waals surface area (Å²) >= 11 is 0. The van der Waals surface area contributed by atoms with E-state index in [0.29, 0.717) is 0 Å². The predicted molar refractivity (Wildman–Crippen MR) is 90.0 cm³/mol. The second kappa shape index (κ2) is 7.43. The number of hydrogen-bond acceptors (Lipinski definition) is 3. The van der Waals surface area contributed by atoms with Crippen LogP contribution < -0.4 is 10.1 Å². The molecule has 0 fully saturated rings. The minimum absolute atomic E-state index is 0.187. The third kappa shape index (κ3) is 4.45. The summed E-state index contributed by atoms with van der Waals surface area (Å²) in [6.07, 6.45) is 0.187. The van der Waals surface area contributed by atoms with E-state index in [1.165, 1.54) is 16.3 Å². The summed E-state index contributed by atoms with van der Waals surface area (Å²) in [6.45, 7) is 6.97. The zero-order valence-electron chi connectivity index (χ0n) is 13.5. The van der Waals surface area contributed by atoms with Gasteiger partial charge in [-0.25, -0.2) is 0 Å². The molecule has 0 saturated carbocycles. The van der Waals surface area contributed by atoms with Crippen LogP contribution in [0.4, 0.5) is 0 Å². The molecule has 0 aromatic heterocycles. The smallest absolute Gasteiger partial charge is 0.124 e. The highest BCUT2D eigenvalue weighted by molar-refractivity contribution is 5.87. The maximum absolute atomic E-state index is 5.98. The van der Waals surface area contributed by atoms with Crippen LogP contribution in [0.15, 0.2) is 36.4 Å². The van der Waals surface area contributed by atoms with Crippen LogP contribution in [0.1, 0.15) is 19.4 Å². The van der Waals surface area contributed by atoms with Gasteiger partial charge in [-0.15, -0.1) is 0 Å². The van der Waals surface area contributed by atoms with Crippen molar-refractivity contribution in [1.29, 1.82) is 0 Å². The molecule has 0 aliphatic heterocycles. The first-order valence-corrected chi connectivity index (χ1v) is 7.60. The van der Waals surface area contributed by atoms with Gasteiger partial charge in [-0.05, 0) is 44.8 Å². The van der Waals surface area contributed by atoms with Crippen LogP contribution >= 0.6 is 0 Å². The fraction of sp³-hybridized carbons (Fsp3) is 0.444. The molecule has 3 heteroatoms. The molecule has 0 radical (unpaired) electrons. The van der Waals surface area contributed by atoms with Crippen LogP contribution in [-0.2, 0) is 6.54 Å². The Kier molecular flexibility index (Phi) is 5.59. The summed E-state index contributed by atoms with van der Waals surface area (Å²) in [4.78, 5) is 2.18. The normalized spacial score (nSPS) is 11.5. The van der Waals surface area contributed by atoms with Gasteiger partial charge in [0.25, 0.3) is 0 Å². The van der Waals surface area contributed by atoms with Crippen LogP contribution in [0.25, 0.3) is 10.8 Å². The molecule has 0 unspecified atom stereocenters. The third-order valence-corrected chi connectivity index (χ3v) is 3.40. The highest BCUT2D eigenvalue weighted by Gasteiger charge is 2.09. The molecule has 2 aromatic carbocycles. The summed E-state index contributed by atoms with van der Waals surface area (Å²) in [5.41, 5.74) is 1.25. The van der Waals surface area contributed by atoms with E-state index in [2.05, 4.69) is 74.6 Å². The summed E-state index contributed by atoms with van der Waals surface area (Å²) in [6, 6.07) is 12.7. The van der Waals surface area contributed by atoms with Gasteiger partial charge >= 0.3 is 0 Å².